The van der Waals surface area contributed by atoms with E-state index in [1.807, 2.05) is 14.0 Å². The number of rotatable bonds is 5. The summed E-state index contributed by atoms with van der Waals surface area (Å²) < 4.78 is 20.6. The quantitative estimate of drug-likeness (QED) is 0.721. The van der Waals surface area contributed by atoms with Gasteiger partial charge in [-0.05, 0) is 32.0 Å². The first-order valence-electron chi connectivity index (χ1n) is 7.98. The number of ether oxygens (including phenoxy) is 1. The molecule has 0 spiro atoms. The molecule has 0 radical (unpaired) electrons. The van der Waals surface area contributed by atoms with E-state index in [-0.39, 0.29) is 12.2 Å². The highest BCUT2D eigenvalue weighted by molar-refractivity contribution is 6.04. The maximum atomic E-state index is 13.7. The molecule has 3 aromatic rings. The smallest absolute Gasteiger partial charge is 0.341 e. The molecular weight excluding hydrogens is 323 g/mol. The summed E-state index contributed by atoms with van der Waals surface area (Å²) in [5.41, 5.74) is 3.38. The molecular formula is C18H19FN4O2. The van der Waals surface area contributed by atoms with Crippen LogP contribution in [0.5, 0.6) is 0 Å². The maximum absolute atomic E-state index is 13.7. The average molecular weight is 342 g/mol. The molecule has 0 aliphatic heterocycles. The van der Waals surface area contributed by atoms with Gasteiger partial charge >= 0.3 is 5.97 Å². The molecule has 130 valence electrons. The van der Waals surface area contributed by atoms with Gasteiger partial charge in [0.05, 0.1) is 24.0 Å². The molecule has 7 heteroatoms. The highest BCUT2D eigenvalue weighted by Gasteiger charge is 2.17. The second kappa shape index (κ2) is 6.88. The van der Waals surface area contributed by atoms with Crippen LogP contribution in [0, 0.1) is 12.7 Å². The van der Waals surface area contributed by atoms with Crippen LogP contribution in [-0.4, -0.2) is 27.3 Å². The van der Waals surface area contributed by atoms with Gasteiger partial charge in [0.1, 0.15) is 11.4 Å². The number of halogens is 1. The highest BCUT2D eigenvalue weighted by atomic mass is 19.1. The SMILES string of the molecule is CCOC(=O)c1cnc2ccc(F)cc2c1NCc1cnn(C)c1C. The molecule has 0 atom stereocenters. The van der Waals surface area contributed by atoms with Crippen LogP contribution >= 0.6 is 0 Å². The Kier molecular flexibility index (Phi) is 4.65. The van der Waals surface area contributed by atoms with Crippen molar-refractivity contribution in [3.63, 3.8) is 0 Å². The molecule has 0 saturated carbocycles. The Labute approximate surface area is 144 Å². The Morgan fingerprint density at radius 2 is 2.16 bits per heavy atom. The summed E-state index contributed by atoms with van der Waals surface area (Å²) in [5, 5.41) is 7.97. The lowest BCUT2D eigenvalue weighted by Gasteiger charge is -2.14. The summed E-state index contributed by atoms with van der Waals surface area (Å²) in [6.07, 6.45) is 3.22. The molecule has 0 unspecified atom stereocenters. The lowest BCUT2D eigenvalue weighted by molar-refractivity contribution is 0.0527. The van der Waals surface area contributed by atoms with Gasteiger partial charge in [-0.2, -0.15) is 5.10 Å². The first-order valence-corrected chi connectivity index (χ1v) is 7.98. The number of esters is 1. The van der Waals surface area contributed by atoms with Gasteiger partial charge in [0.2, 0.25) is 0 Å². The van der Waals surface area contributed by atoms with Gasteiger partial charge in [-0.1, -0.05) is 0 Å². The fourth-order valence-corrected chi connectivity index (χ4v) is 2.62. The number of nitrogens with zero attached hydrogens (tertiary/aromatic N) is 3. The number of fused-ring (bicyclic) bond motifs is 1. The number of aromatic nitrogens is 3. The summed E-state index contributed by atoms with van der Waals surface area (Å²) in [4.78, 5) is 16.5. The Morgan fingerprint density at radius 1 is 1.36 bits per heavy atom. The van der Waals surface area contributed by atoms with E-state index in [2.05, 4.69) is 15.4 Å². The Hall–Kier alpha value is -2.96. The normalized spacial score (nSPS) is 10.9. The monoisotopic (exact) mass is 342 g/mol. The van der Waals surface area contributed by atoms with E-state index in [0.29, 0.717) is 23.1 Å². The summed E-state index contributed by atoms with van der Waals surface area (Å²) in [7, 11) is 1.86. The molecule has 0 amide bonds. The van der Waals surface area contributed by atoms with Crippen LogP contribution in [0.25, 0.3) is 10.9 Å². The van der Waals surface area contributed by atoms with Crippen LogP contribution in [0.2, 0.25) is 0 Å². The van der Waals surface area contributed by atoms with Crippen LogP contribution in [0.3, 0.4) is 0 Å². The second-order valence-corrected chi connectivity index (χ2v) is 5.66. The van der Waals surface area contributed by atoms with Crippen LogP contribution in [0.15, 0.2) is 30.6 Å². The molecule has 25 heavy (non-hydrogen) atoms. The third kappa shape index (κ3) is 3.31. The van der Waals surface area contributed by atoms with Crippen LogP contribution in [0.4, 0.5) is 10.1 Å². The van der Waals surface area contributed by atoms with E-state index in [0.717, 1.165) is 11.3 Å². The second-order valence-electron chi connectivity index (χ2n) is 5.66. The minimum absolute atomic E-state index is 0.251. The zero-order valence-electron chi connectivity index (χ0n) is 14.3. The molecule has 2 aromatic heterocycles. The lowest BCUT2D eigenvalue weighted by atomic mass is 10.1. The predicted molar refractivity (Wildman–Crippen MR) is 92.9 cm³/mol. The Balaban J connectivity index is 2.05. The van der Waals surface area contributed by atoms with Gasteiger partial charge in [-0.15, -0.1) is 0 Å². The van der Waals surface area contributed by atoms with Crippen LogP contribution in [0.1, 0.15) is 28.5 Å². The van der Waals surface area contributed by atoms with Crippen LogP contribution in [-0.2, 0) is 18.3 Å². The zero-order chi connectivity index (χ0) is 18.0. The molecule has 2 heterocycles. The fraction of sp³-hybridized carbons (Fsp3) is 0.278. The highest BCUT2D eigenvalue weighted by Crippen LogP contribution is 2.28. The largest absolute Gasteiger partial charge is 0.462 e. The molecule has 1 N–H and O–H groups in total. The minimum Gasteiger partial charge on any atom is -0.462 e. The minimum atomic E-state index is -0.494. The molecule has 0 aliphatic carbocycles. The van der Waals surface area contributed by atoms with E-state index in [1.54, 1.807) is 23.9 Å². The first kappa shape index (κ1) is 16.9. The molecule has 0 saturated heterocycles. The van der Waals surface area contributed by atoms with Crippen molar-refractivity contribution in [2.45, 2.75) is 20.4 Å². The molecule has 1 aromatic carbocycles. The molecule has 0 aliphatic rings. The van der Waals surface area contributed by atoms with Gasteiger partial charge in [-0.3, -0.25) is 9.67 Å². The van der Waals surface area contributed by atoms with E-state index in [9.17, 15) is 9.18 Å². The Bertz CT molecular complexity index is 936. The fourth-order valence-electron chi connectivity index (χ4n) is 2.62. The number of aryl methyl sites for hydroxylation is 1. The van der Waals surface area contributed by atoms with Crippen molar-refractivity contribution in [1.82, 2.24) is 14.8 Å². The van der Waals surface area contributed by atoms with E-state index in [1.165, 1.54) is 18.3 Å². The van der Waals surface area contributed by atoms with Gasteiger partial charge in [0.25, 0.3) is 0 Å². The van der Waals surface area contributed by atoms with E-state index >= 15 is 0 Å². The van der Waals surface area contributed by atoms with Crippen molar-refractivity contribution in [2.24, 2.45) is 7.05 Å². The van der Waals surface area contributed by atoms with Crippen LogP contribution < -0.4 is 5.32 Å². The number of anilines is 1. The predicted octanol–water partition coefficient (Wildman–Crippen LogP) is 3.20. The molecule has 6 nitrogen and oxygen atoms in total. The van der Waals surface area contributed by atoms with Crippen molar-refractivity contribution in [1.29, 1.82) is 0 Å². The number of nitrogens with one attached hydrogen (secondary N) is 1. The van der Waals surface area contributed by atoms with E-state index < -0.39 is 11.8 Å². The van der Waals surface area contributed by atoms with Crippen molar-refractivity contribution < 1.29 is 13.9 Å². The lowest BCUT2D eigenvalue weighted by Crippen LogP contribution is -2.11. The summed E-state index contributed by atoms with van der Waals surface area (Å²) in [6.45, 7) is 4.39. The van der Waals surface area contributed by atoms with Gasteiger partial charge in [0, 0.05) is 36.4 Å². The third-order valence-electron chi connectivity index (χ3n) is 4.12. The third-order valence-corrected chi connectivity index (χ3v) is 4.12. The van der Waals surface area contributed by atoms with Gasteiger partial charge in [0.15, 0.2) is 0 Å². The van der Waals surface area contributed by atoms with Crippen molar-refractivity contribution in [3.8, 4) is 0 Å². The van der Waals surface area contributed by atoms with Crippen molar-refractivity contribution in [3.05, 3.63) is 53.2 Å². The number of carbonyl (C=O) groups is 1. The topological polar surface area (TPSA) is 69.0 Å². The number of pyridine rings is 1. The standard InChI is InChI=1S/C18H19FN4O2/c1-4-25-18(24)15-10-20-16-6-5-13(19)7-14(16)17(15)21-8-12-9-22-23(3)11(12)2/h5-7,9-10H,4,8H2,1-3H3,(H,20,21). The maximum Gasteiger partial charge on any atom is 0.341 e. The summed E-state index contributed by atoms with van der Waals surface area (Å²) >= 11 is 0. The number of carbonyl (C=O) groups excluding carboxylic acids is 1. The van der Waals surface area contributed by atoms with Gasteiger partial charge in [-0.25, -0.2) is 9.18 Å². The van der Waals surface area contributed by atoms with Crippen molar-refractivity contribution in [2.75, 3.05) is 11.9 Å². The Morgan fingerprint density at radius 3 is 2.84 bits per heavy atom. The number of hydrogen-bond donors (Lipinski definition) is 1. The number of hydrogen-bond acceptors (Lipinski definition) is 5. The molecule has 0 fully saturated rings. The van der Waals surface area contributed by atoms with Crippen molar-refractivity contribution >= 4 is 22.6 Å². The zero-order valence-corrected chi connectivity index (χ0v) is 14.3. The first-order chi connectivity index (χ1) is 12.0. The summed E-state index contributed by atoms with van der Waals surface area (Å²) in [5.74, 6) is -0.887. The summed E-state index contributed by atoms with van der Waals surface area (Å²) in [6, 6.07) is 4.29. The van der Waals surface area contributed by atoms with E-state index in [4.69, 9.17) is 4.74 Å². The average Bonchev–Trinajstić information content (AvgIpc) is 2.91. The molecule has 0 bridgehead atoms. The number of benzene rings is 1. The molecule has 3 rings (SSSR count). The van der Waals surface area contributed by atoms with Gasteiger partial charge < -0.3 is 10.1 Å².